The molecule has 1 aromatic carbocycles. The summed E-state index contributed by atoms with van der Waals surface area (Å²) >= 11 is 0. The number of hydrogen-bond acceptors (Lipinski definition) is 2. The summed E-state index contributed by atoms with van der Waals surface area (Å²) in [6.45, 7) is 9.96. The van der Waals surface area contributed by atoms with Crippen molar-refractivity contribution in [2.24, 2.45) is 0 Å². The molecule has 0 unspecified atom stereocenters. The molecule has 1 aromatic rings. The zero-order chi connectivity index (χ0) is 15.6. The van der Waals surface area contributed by atoms with E-state index in [0.29, 0.717) is 0 Å². The van der Waals surface area contributed by atoms with Crippen LogP contribution in [0.1, 0.15) is 40.2 Å². The van der Waals surface area contributed by atoms with Gasteiger partial charge in [0, 0.05) is 12.7 Å². The molecule has 2 N–H and O–H groups in total. The number of aliphatic hydroxyl groups is 1. The van der Waals surface area contributed by atoms with E-state index >= 15 is 0 Å². The lowest BCUT2D eigenvalue weighted by atomic mass is 9.86. The lowest BCUT2D eigenvalue weighted by molar-refractivity contribution is 0.0550. The van der Waals surface area contributed by atoms with Crippen molar-refractivity contribution in [3.8, 4) is 0 Å². The normalized spacial score (nSPS) is 12.2. The Balaban J connectivity index is 2.87. The second-order valence-corrected chi connectivity index (χ2v) is 6.89. The fourth-order valence-corrected chi connectivity index (χ4v) is 2.11. The summed E-state index contributed by atoms with van der Waals surface area (Å²) in [7, 11) is 1.67. The minimum atomic E-state index is -0.907. The average Bonchev–Trinajstić information content (AvgIpc) is 2.25. The Kier molecular flexibility index (Phi) is 4.81. The highest BCUT2D eigenvalue weighted by molar-refractivity contribution is 5.90. The van der Waals surface area contributed by atoms with E-state index in [-0.39, 0.29) is 18.0 Å². The van der Waals surface area contributed by atoms with E-state index in [1.54, 1.807) is 20.9 Å². The van der Waals surface area contributed by atoms with Crippen LogP contribution in [-0.4, -0.2) is 35.2 Å². The van der Waals surface area contributed by atoms with Crippen molar-refractivity contribution in [3.63, 3.8) is 0 Å². The Morgan fingerprint density at radius 2 is 1.75 bits per heavy atom. The third kappa shape index (κ3) is 4.85. The molecular formula is C16H26N2O2. The number of para-hydroxylation sites is 1. The first-order valence-electron chi connectivity index (χ1n) is 6.85. The van der Waals surface area contributed by atoms with Crippen molar-refractivity contribution in [2.75, 3.05) is 18.9 Å². The van der Waals surface area contributed by atoms with Gasteiger partial charge in [0.05, 0.1) is 12.1 Å². The molecule has 0 saturated carbocycles. The first kappa shape index (κ1) is 16.5. The standard InChI is InChI=1S/C16H26N2O2/c1-15(2,3)12-9-7-8-10-13(12)17-14(19)18(6)11-16(4,5)20/h7-10,20H,11H2,1-6H3,(H,17,19). The van der Waals surface area contributed by atoms with E-state index in [9.17, 15) is 9.90 Å². The van der Waals surface area contributed by atoms with Gasteiger partial charge in [-0.3, -0.25) is 0 Å². The van der Waals surface area contributed by atoms with Crippen molar-refractivity contribution >= 4 is 11.7 Å². The maximum absolute atomic E-state index is 12.2. The van der Waals surface area contributed by atoms with Gasteiger partial charge in [0.15, 0.2) is 0 Å². The summed E-state index contributed by atoms with van der Waals surface area (Å²) < 4.78 is 0. The molecule has 4 heteroatoms. The number of amides is 2. The Morgan fingerprint density at radius 1 is 1.20 bits per heavy atom. The van der Waals surface area contributed by atoms with Crippen LogP contribution in [0.5, 0.6) is 0 Å². The van der Waals surface area contributed by atoms with Crippen molar-refractivity contribution in [3.05, 3.63) is 29.8 Å². The van der Waals surface area contributed by atoms with Crippen LogP contribution in [0.3, 0.4) is 0 Å². The summed E-state index contributed by atoms with van der Waals surface area (Å²) in [5.41, 5.74) is 0.950. The van der Waals surface area contributed by atoms with Crippen LogP contribution >= 0.6 is 0 Å². The number of carbonyl (C=O) groups excluding carboxylic acids is 1. The Bertz CT molecular complexity index is 470. The maximum Gasteiger partial charge on any atom is 0.321 e. The predicted molar refractivity (Wildman–Crippen MR) is 83.1 cm³/mol. The molecule has 0 fully saturated rings. The van der Waals surface area contributed by atoms with Crippen LogP contribution in [0.2, 0.25) is 0 Å². The number of nitrogens with zero attached hydrogens (tertiary/aromatic N) is 1. The number of hydrogen-bond donors (Lipinski definition) is 2. The number of benzene rings is 1. The summed E-state index contributed by atoms with van der Waals surface area (Å²) in [5, 5.41) is 12.7. The van der Waals surface area contributed by atoms with Gasteiger partial charge < -0.3 is 15.3 Å². The van der Waals surface area contributed by atoms with E-state index in [2.05, 4.69) is 26.1 Å². The largest absolute Gasteiger partial charge is 0.389 e. The average molecular weight is 278 g/mol. The van der Waals surface area contributed by atoms with Crippen molar-refractivity contribution in [1.29, 1.82) is 0 Å². The lowest BCUT2D eigenvalue weighted by Crippen LogP contribution is -2.42. The lowest BCUT2D eigenvalue weighted by Gasteiger charge is -2.27. The van der Waals surface area contributed by atoms with Gasteiger partial charge in [0.25, 0.3) is 0 Å². The molecule has 0 saturated heterocycles. The highest BCUT2D eigenvalue weighted by Crippen LogP contribution is 2.29. The second kappa shape index (κ2) is 5.83. The van der Waals surface area contributed by atoms with E-state index in [0.717, 1.165) is 11.3 Å². The Morgan fingerprint density at radius 3 is 2.25 bits per heavy atom. The fraction of sp³-hybridized carbons (Fsp3) is 0.562. The van der Waals surface area contributed by atoms with Crippen LogP contribution in [0.15, 0.2) is 24.3 Å². The molecule has 0 radical (unpaired) electrons. The van der Waals surface area contributed by atoms with Crippen molar-refractivity contribution in [1.82, 2.24) is 4.90 Å². The van der Waals surface area contributed by atoms with Crippen LogP contribution < -0.4 is 5.32 Å². The Labute approximate surface area is 121 Å². The molecule has 0 aromatic heterocycles. The minimum Gasteiger partial charge on any atom is -0.389 e. The molecule has 0 aliphatic carbocycles. The van der Waals surface area contributed by atoms with E-state index in [1.807, 2.05) is 24.3 Å². The number of urea groups is 1. The smallest absolute Gasteiger partial charge is 0.321 e. The highest BCUT2D eigenvalue weighted by atomic mass is 16.3. The maximum atomic E-state index is 12.2. The number of likely N-dealkylation sites (N-methyl/N-ethyl adjacent to an activating group) is 1. The third-order valence-electron chi connectivity index (χ3n) is 2.95. The predicted octanol–water partition coefficient (Wildman–Crippen LogP) is 3.22. The van der Waals surface area contributed by atoms with Gasteiger partial charge in [-0.25, -0.2) is 4.79 Å². The van der Waals surface area contributed by atoms with Crippen LogP contribution in [0.4, 0.5) is 10.5 Å². The summed E-state index contributed by atoms with van der Waals surface area (Å²) in [5.74, 6) is 0. The Hall–Kier alpha value is -1.55. The summed E-state index contributed by atoms with van der Waals surface area (Å²) in [6.07, 6.45) is 0. The van der Waals surface area contributed by atoms with E-state index in [1.165, 1.54) is 4.90 Å². The highest BCUT2D eigenvalue weighted by Gasteiger charge is 2.22. The van der Waals surface area contributed by atoms with Gasteiger partial charge in [0.2, 0.25) is 0 Å². The molecule has 0 aliphatic rings. The second-order valence-electron chi connectivity index (χ2n) is 6.89. The third-order valence-corrected chi connectivity index (χ3v) is 2.95. The monoisotopic (exact) mass is 278 g/mol. The number of anilines is 1. The van der Waals surface area contributed by atoms with Crippen LogP contribution in [0, 0.1) is 0 Å². The zero-order valence-electron chi connectivity index (χ0n) is 13.3. The first-order valence-corrected chi connectivity index (χ1v) is 6.85. The van der Waals surface area contributed by atoms with Gasteiger partial charge >= 0.3 is 6.03 Å². The topological polar surface area (TPSA) is 52.6 Å². The van der Waals surface area contributed by atoms with Gasteiger partial charge in [0.1, 0.15) is 0 Å². The van der Waals surface area contributed by atoms with Crippen molar-refractivity contribution in [2.45, 2.75) is 45.6 Å². The number of rotatable bonds is 3. The molecule has 0 spiro atoms. The van der Waals surface area contributed by atoms with Crippen LogP contribution in [-0.2, 0) is 5.41 Å². The van der Waals surface area contributed by atoms with Gasteiger partial charge in [-0.05, 0) is 30.9 Å². The molecule has 0 aliphatic heterocycles. The molecular weight excluding hydrogens is 252 g/mol. The quantitative estimate of drug-likeness (QED) is 0.892. The SMILES string of the molecule is CN(CC(C)(C)O)C(=O)Nc1ccccc1C(C)(C)C. The molecule has 1 rings (SSSR count). The molecule has 4 nitrogen and oxygen atoms in total. The molecule has 0 atom stereocenters. The van der Waals surface area contributed by atoms with Gasteiger partial charge in [-0.15, -0.1) is 0 Å². The minimum absolute atomic E-state index is 0.0430. The van der Waals surface area contributed by atoms with E-state index < -0.39 is 5.60 Å². The molecule has 2 amide bonds. The number of nitrogens with one attached hydrogen (secondary N) is 1. The fourth-order valence-electron chi connectivity index (χ4n) is 2.11. The first-order chi connectivity index (χ1) is 9.00. The van der Waals surface area contributed by atoms with Crippen LogP contribution in [0.25, 0.3) is 0 Å². The van der Waals surface area contributed by atoms with E-state index in [4.69, 9.17) is 0 Å². The summed E-state index contributed by atoms with van der Waals surface area (Å²) in [6, 6.07) is 7.57. The zero-order valence-corrected chi connectivity index (χ0v) is 13.3. The molecule has 112 valence electrons. The van der Waals surface area contributed by atoms with Gasteiger partial charge in [-0.1, -0.05) is 39.0 Å². The van der Waals surface area contributed by atoms with Gasteiger partial charge in [-0.2, -0.15) is 0 Å². The number of carbonyl (C=O) groups is 1. The molecule has 20 heavy (non-hydrogen) atoms. The molecule has 0 heterocycles. The molecule has 0 bridgehead atoms. The van der Waals surface area contributed by atoms with Crippen molar-refractivity contribution < 1.29 is 9.90 Å². The summed E-state index contributed by atoms with van der Waals surface area (Å²) in [4.78, 5) is 13.7.